The van der Waals surface area contributed by atoms with Crippen molar-refractivity contribution in [3.8, 4) is 5.75 Å². The maximum Gasteiger partial charge on any atom is 0.240 e. The van der Waals surface area contributed by atoms with Gasteiger partial charge in [-0.05, 0) is 24.3 Å². The zero-order valence-electron chi connectivity index (χ0n) is 5.93. The van der Waals surface area contributed by atoms with Gasteiger partial charge in [0, 0.05) is 0 Å². The van der Waals surface area contributed by atoms with E-state index in [1.54, 1.807) is 0 Å². The molecule has 1 aromatic rings. The number of hydrogen-bond acceptors (Lipinski definition) is 5. The van der Waals surface area contributed by atoms with Crippen molar-refractivity contribution in [2.45, 2.75) is 0 Å². The Morgan fingerprint density at radius 1 is 1.25 bits per heavy atom. The van der Waals surface area contributed by atoms with E-state index in [0.717, 1.165) is 0 Å². The minimum atomic E-state index is 0.301. The number of carbonyl (C=O) groups excluding carboxylic acids is 1. The van der Waals surface area contributed by atoms with Gasteiger partial charge in [-0.1, -0.05) is 0 Å². The normalized spacial score (nSPS) is 8.33. The van der Waals surface area contributed by atoms with Crippen molar-refractivity contribution in [2.24, 2.45) is 10.3 Å². The lowest BCUT2D eigenvalue weighted by atomic mass is 10.3. The van der Waals surface area contributed by atoms with Crippen LogP contribution < -0.4 is 4.84 Å². The van der Waals surface area contributed by atoms with Gasteiger partial charge in [-0.15, -0.1) is 4.91 Å². The Morgan fingerprint density at radius 2 is 1.92 bits per heavy atom. The molecule has 0 N–H and O–H groups in total. The molecule has 0 aliphatic carbocycles. The van der Waals surface area contributed by atoms with Crippen molar-refractivity contribution >= 4 is 11.8 Å². The number of nitrogens with zero attached hydrogens (tertiary/aromatic N) is 2. The molecule has 1 aromatic carbocycles. The van der Waals surface area contributed by atoms with Crippen LogP contribution in [0.5, 0.6) is 5.75 Å². The molecule has 0 aromatic heterocycles. The van der Waals surface area contributed by atoms with E-state index >= 15 is 0 Å². The molecular weight excluding hydrogens is 160 g/mol. The second-order valence-electron chi connectivity index (χ2n) is 1.86. The first-order chi connectivity index (χ1) is 5.86. The van der Waals surface area contributed by atoms with Gasteiger partial charge >= 0.3 is 0 Å². The average Bonchev–Trinajstić information content (AvgIpc) is 2.09. The largest absolute Gasteiger partial charge is 0.324 e. The summed E-state index contributed by atoms with van der Waals surface area (Å²) >= 11 is 0. The zero-order chi connectivity index (χ0) is 8.81. The summed E-state index contributed by atoms with van der Waals surface area (Å²) in [5, 5.41) is 2.22. The Bertz CT molecular complexity index is 314. The molecule has 5 nitrogen and oxygen atoms in total. The molecule has 0 heterocycles. The summed E-state index contributed by atoms with van der Waals surface area (Å²) in [6.45, 7) is 0. The number of aliphatic imine (C=N–C) groups is 1. The monoisotopic (exact) mass is 164 g/mol. The van der Waals surface area contributed by atoms with Crippen LogP contribution in [0.3, 0.4) is 0 Å². The summed E-state index contributed by atoms with van der Waals surface area (Å²) in [7, 11) is 0. The van der Waals surface area contributed by atoms with Crippen molar-refractivity contribution in [1.29, 1.82) is 0 Å². The van der Waals surface area contributed by atoms with Crippen LogP contribution in [0.1, 0.15) is 0 Å². The highest BCUT2D eigenvalue weighted by Crippen LogP contribution is 2.17. The highest BCUT2D eigenvalue weighted by molar-refractivity contribution is 5.49. The fourth-order valence-electron chi connectivity index (χ4n) is 0.677. The molecule has 0 saturated carbocycles. The van der Waals surface area contributed by atoms with Crippen LogP contribution in [0, 0.1) is 4.91 Å². The van der Waals surface area contributed by atoms with E-state index in [0.29, 0.717) is 11.4 Å². The van der Waals surface area contributed by atoms with Crippen LogP contribution in [0.25, 0.3) is 0 Å². The van der Waals surface area contributed by atoms with Crippen LogP contribution in [-0.2, 0) is 4.79 Å². The van der Waals surface area contributed by atoms with Gasteiger partial charge in [-0.25, -0.2) is 4.79 Å². The Balaban J connectivity index is 2.84. The number of hydrogen-bond donors (Lipinski definition) is 0. The van der Waals surface area contributed by atoms with Crippen LogP contribution in [0.2, 0.25) is 0 Å². The van der Waals surface area contributed by atoms with Crippen molar-refractivity contribution in [1.82, 2.24) is 0 Å². The van der Waals surface area contributed by atoms with Gasteiger partial charge in [0.05, 0.1) is 5.69 Å². The Morgan fingerprint density at radius 3 is 2.42 bits per heavy atom. The minimum absolute atomic E-state index is 0.301. The molecule has 0 amide bonds. The number of benzene rings is 1. The first-order valence-corrected chi connectivity index (χ1v) is 3.04. The summed E-state index contributed by atoms with van der Waals surface area (Å²) in [5.74, 6) is 0.301. The molecule has 0 saturated heterocycles. The lowest BCUT2D eigenvalue weighted by Crippen LogP contribution is -1.77. The molecule has 0 unspecified atom stereocenters. The highest BCUT2D eigenvalue weighted by atomic mass is 16.7. The van der Waals surface area contributed by atoms with Crippen molar-refractivity contribution in [3.05, 3.63) is 29.2 Å². The Hall–Kier alpha value is -2.00. The van der Waals surface area contributed by atoms with Gasteiger partial charge < -0.3 is 4.84 Å². The van der Waals surface area contributed by atoms with Gasteiger partial charge in [0.25, 0.3) is 0 Å². The standard InChI is InChI=1S/C7H4N2O3/c10-5-8-6-1-3-7(4-2-6)12-9-11/h1-4H. The molecule has 0 radical (unpaired) electrons. The minimum Gasteiger partial charge on any atom is -0.324 e. The van der Waals surface area contributed by atoms with E-state index in [2.05, 4.69) is 15.2 Å². The fraction of sp³-hybridized carbons (Fsp3) is 0. The third-order valence-electron chi connectivity index (χ3n) is 1.15. The molecule has 0 atom stereocenters. The molecule has 12 heavy (non-hydrogen) atoms. The lowest BCUT2D eigenvalue weighted by molar-refractivity contribution is 0.335. The lowest BCUT2D eigenvalue weighted by Gasteiger charge is -1.93. The van der Waals surface area contributed by atoms with E-state index in [4.69, 9.17) is 0 Å². The fourth-order valence-corrected chi connectivity index (χ4v) is 0.677. The molecule has 0 aliphatic heterocycles. The molecule has 0 spiro atoms. The molecule has 5 heteroatoms. The van der Waals surface area contributed by atoms with E-state index < -0.39 is 0 Å². The SMILES string of the molecule is O=C=Nc1ccc(ON=O)cc1. The Labute approximate surface area is 67.6 Å². The second-order valence-corrected chi connectivity index (χ2v) is 1.86. The molecule has 0 aliphatic rings. The van der Waals surface area contributed by atoms with Crippen LogP contribution in [0.4, 0.5) is 5.69 Å². The summed E-state index contributed by atoms with van der Waals surface area (Å²) in [6.07, 6.45) is 1.38. The van der Waals surface area contributed by atoms with Crippen LogP contribution in [0.15, 0.2) is 34.6 Å². The van der Waals surface area contributed by atoms with Gasteiger partial charge in [-0.3, -0.25) is 0 Å². The summed E-state index contributed by atoms with van der Waals surface area (Å²) in [5.41, 5.74) is 0.447. The van der Waals surface area contributed by atoms with E-state index in [9.17, 15) is 9.70 Å². The molecule has 1 rings (SSSR count). The van der Waals surface area contributed by atoms with Crippen molar-refractivity contribution in [3.63, 3.8) is 0 Å². The quantitative estimate of drug-likeness (QED) is 0.295. The molecule has 0 fully saturated rings. The average molecular weight is 164 g/mol. The summed E-state index contributed by atoms with van der Waals surface area (Å²) in [4.78, 5) is 27.0. The maximum absolute atomic E-state index is 9.79. The van der Waals surface area contributed by atoms with Gasteiger partial charge in [-0.2, -0.15) is 4.99 Å². The van der Waals surface area contributed by atoms with Crippen LogP contribution in [-0.4, -0.2) is 6.08 Å². The zero-order valence-corrected chi connectivity index (χ0v) is 5.93. The van der Waals surface area contributed by atoms with E-state index in [-0.39, 0.29) is 0 Å². The third-order valence-corrected chi connectivity index (χ3v) is 1.15. The predicted molar refractivity (Wildman–Crippen MR) is 40.6 cm³/mol. The maximum atomic E-state index is 9.79. The van der Waals surface area contributed by atoms with E-state index in [1.807, 2.05) is 0 Å². The molecule has 60 valence electrons. The molecular formula is C7H4N2O3. The van der Waals surface area contributed by atoms with Gasteiger partial charge in [0.1, 0.15) is 0 Å². The third kappa shape index (κ3) is 2.00. The smallest absolute Gasteiger partial charge is 0.240 e. The summed E-state index contributed by atoms with van der Waals surface area (Å²) < 4.78 is 0. The highest BCUT2D eigenvalue weighted by Gasteiger charge is 1.92. The van der Waals surface area contributed by atoms with Gasteiger partial charge in [0.15, 0.2) is 11.1 Å². The number of rotatable bonds is 3. The topological polar surface area (TPSA) is 68.1 Å². The molecule has 0 bridgehead atoms. The number of isocyanates is 1. The van der Waals surface area contributed by atoms with Gasteiger partial charge in [0.2, 0.25) is 6.08 Å². The first kappa shape index (κ1) is 8.10. The Kier molecular flexibility index (Phi) is 2.70. The summed E-state index contributed by atoms with van der Waals surface area (Å²) in [6, 6.07) is 5.95. The predicted octanol–water partition coefficient (Wildman–Crippen LogP) is 1.71. The van der Waals surface area contributed by atoms with E-state index in [1.165, 1.54) is 30.3 Å². The first-order valence-electron chi connectivity index (χ1n) is 3.04. The van der Waals surface area contributed by atoms with Crippen molar-refractivity contribution in [2.75, 3.05) is 0 Å². The second kappa shape index (κ2) is 4.00. The van der Waals surface area contributed by atoms with Crippen molar-refractivity contribution < 1.29 is 9.63 Å². The van der Waals surface area contributed by atoms with Crippen LogP contribution >= 0.6 is 0 Å².